The van der Waals surface area contributed by atoms with Crippen molar-refractivity contribution in [2.75, 3.05) is 38.0 Å². The Hall–Kier alpha value is -3.18. The van der Waals surface area contributed by atoms with E-state index in [4.69, 9.17) is 9.47 Å². The molecular formula is C25H24F3N3O4S. The van der Waals surface area contributed by atoms with Crippen LogP contribution in [-0.4, -0.2) is 54.1 Å². The van der Waals surface area contributed by atoms with Gasteiger partial charge in [-0.2, -0.15) is 23.0 Å². The maximum Gasteiger partial charge on any atom is 0.418 e. The first-order chi connectivity index (χ1) is 17.2. The van der Waals surface area contributed by atoms with Gasteiger partial charge in [0.05, 0.1) is 31.6 Å². The predicted molar refractivity (Wildman–Crippen MR) is 131 cm³/mol. The van der Waals surface area contributed by atoms with Crippen molar-refractivity contribution in [2.24, 2.45) is 0 Å². The van der Waals surface area contributed by atoms with E-state index in [1.807, 2.05) is 0 Å². The van der Waals surface area contributed by atoms with E-state index >= 15 is 0 Å². The molecule has 0 aliphatic carbocycles. The highest BCUT2D eigenvalue weighted by molar-refractivity contribution is 7.99. The van der Waals surface area contributed by atoms with Crippen LogP contribution in [0.4, 0.5) is 18.9 Å². The number of methoxy groups -OCH3 is 2. The number of anilines is 1. The van der Waals surface area contributed by atoms with Gasteiger partial charge in [0.25, 0.3) is 5.56 Å². The van der Waals surface area contributed by atoms with Crippen molar-refractivity contribution < 1.29 is 27.8 Å². The minimum atomic E-state index is -4.70. The van der Waals surface area contributed by atoms with Gasteiger partial charge in [0, 0.05) is 46.6 Å². The number of benzene rings is 2. The molecule has 1 N–H and O–H groups in total. The van der Waals surface area contributed by atoms with Gasteiger partial charge in [0.2, 0.25) is 0 Å². The molecule has 0 saturated carbocycles. The van der Waals surface area contributed by atoms with Crippen LogP contribution in [0, 0.1) is 0 Å². The van der Waals surface area contributed by atoms with Crippen molar-refractivity contribution in [3.63, 3.8) is 0 Å². The van der Waals surface area contributed by atoms with Crippen LogP contribution in [0.2, 0.25) is 0 Å². The second-order valence-corrected chi connectivity index (χ2v) is 9.77. The summed E-state index contributed by atoms with van der Waals surface area (Å²) in [4.78, 5) is 15.9. The fourth-order valence-corrected chi connectivity index (χ4v) is 5.76. The second-order valence-electron chi connectivity index (χ2n) is 8.66. The number of alkyl halides is 3. The van der Waals surface area contributed by atoms with Crippen molar-refractivity contribution in [3.05, 3.63) is 57.9 Å². The molecule has 7 nitrogen and oxygen atoms in total. The summed E-state index contributed by atoms with van der Waals surface area (Å²) in [6.07, 6.45) is -4.31. The molecule has 5 rings (SSSR count). The number of aliphatic hydroxyl groups excluding tert-OH is 1. The Bertz CT molecular complexity index is 1350. The summed E-state index contributed by atoms with van der Waals surface area (Å²) in [5.74, 6) is 1.61. The summed E-state index contributed by atoms with van der Waals surface area (Å²) in [7, 11) is 3.00. The summed E-state index contributed by atoms with van der Waals surface area (Å²) >= 11 is 1.45. The van der Waals surface area contributed by atoms with Crippen molar-refractivity contribution in [1.29, 1.82) is 0 Å². The topological polar surface area (TPSA) is 76.8 Å². The molecule has 1 aromatic heterocycles. The van der Waals surface area contributed by atoms with E-state index in [1.165, 1.54) is 38.1 Å². The standard InChI is InChI=1S/C25H24F3N3O4S/c1-34-17-9-14(10-18(12-17)35-2)22-23-19(6-8-36-23)24(33)31(29-22)21-11-15(30-7-5-16(32)13-30)3-4-20(21)25(26,27)28/h3-4,9-12,16,32H,5-8,13H2,1-2H3/t16-/m0/s1. The van der Waals surface area contributed by atoms with E-state index in [9.17, 15) is 23.1 Å². The van der Waals surface area contributed by atoms with E-state index in [-0.39, 0.29) is 5.69 Å². The molecule has 2 aromatic carbocycles. The minimum absolute atomic E-state index is 0.308. The molecule has 0 radical (unpaired) electrons. The first-order valence-electron chi connectivity index (χ1n) is 11.4. The third kappa shape index (κ3) is 4.41. The van der Waals surface area contributed by atoms with Gasteiger partial charge in [-0.25, -0.2) is 0 Å². The van der Waals surface area contributed by atoms with Crippen molar-refractivity contribution in [3.8, 4) is 28.4 Å². The molecule has 1 fully saturated rings. The number of ether oxygens (including phenoxy) is 2. The van der Waals surface area contributed by atoms with Gasteiger partial charge >= 0.3 is 6.18 Å². The zero-order valence-electron chi connectivity index (χ0n) is 19.6. The highest BCUT2D eigenvalue weighted by Gasteiger charge is 2.36. The molecule has 0 amide bonds. The van der Waals surface area contributed by atoms with Crippen LogP contribution < -0.4 is 19.9 Å². The van der Waals surface area contributed by atoms with Crippen LogP contribution in [0.1, 0.15) is 17.5 Å². The van der Waals surface area contributed by atoms with Crippen molar-refractivity contribution >= 4 is 17.4 Å². The minimum Gasteiger partial charge on any atom is -0.497 e. The molecule has 0 spiro atoms. The molecule has 0 bridgehead atoms. The zero-order valence-corrected chi connectivity index (χ0v) is 20.4. The number of rotatable bonds is 5. The van der Waals surface area contributed by atoms with Gasteiger partial charge < -0.3 is 19.5 Å². The van der Waals surface area contributed by atoms with Crippen LogP contribution in [0.3, 0.4) is 0 Å². The van der Waals surface area contributed by atoms with E-state index in [0.717, 1.165) is 10.7 Å². The van der Waals surface area contributed by atoms with Crippen LogP contribution in [-0.2, 0) is 12.6 Å². The monoisotopic (exact) mass is 519 g/mol. The molecule has 1 saturated heterocycles. The number of thioether (sulfide) groups is 1. The van der Waals surface area contributed by atoms with Crippen molar-refractivity contribution in [2.45, 2.75) is 30.0 Å². The third-order valence-corrected chi connectivity index (χ3v) is 7.54. The molecule has 2 aliphatic heterocycles. The predicted octanol–water partition coefficient (Wildman–Crippen LogP) is 4.15. The number of aromatic nitrogens is 2. The highest BCUT2D eigenvalue weighted by atomic mass is 32.2. The first kappa shape index (κ1) is 24.5. The Kier molecular flexibility index (Phi) is 6.37. The summed E-state index contributed by atoms with van der Waals surface area (Å²) in [6, 6.07) is 8.78. The first-order valence-corrected chi connectivity index (χ1v) is 12.3. The summed E-state index contributed by atoms with van der Waals surface area (Å²) < 4.78 is 53.9. The lowest BCUT2D eigenvalue weighted by atomic mass is 10.1. The van der Waals surface area contributed by atoms with Crippen molar-refractivity contribution in [1.82, 2.24) is 9.78 Å². The molecule has 3 aromatic rings. The van der Waals surface area contributed by atoms with Crippen LogP contribution in [0.15, 0.2) is 46.1 Å². The summed E-state index contributed by atoms with van der Waals surface area (Å²) in [5, 5.41) is 14.4. The fourth-order valence-electron chi connectivity index (χ4n) is 4.59. The van der Waals surface area contributed by atoms with Crippen LogP contribution in [0.25, 0.3) is 16.9 Å². The number of nitrogens with zero attached hydrogens (tertiary/aromatic N) is 3. The normalized spacial score (nSPS) is 17.4. The number of β-amino-alcohol motifs (C(OH)–C–C–N with tert-alkyl or cyclic N) is 1. The lowest BCUT2D eigenvalue weighted by Gasteiger charge is -2.22. The molecule has 11 heteroatoms. The van der Waals surface area contributed by atoms with Gasteiger partial charge in [-0.15, -0.1) is 11.8 Å². The number of aliphatic hydroxyl groups is 1. The highest BCUT2D eigenvalue weighted by Crippen LogP contribution is 2.41. The second kappa shape index (κ2) is 9.36. The average molecular weight is 520 g/mol. The Balaban J connectivity index is 1.75. The van der Waals surface area contributed by atoms with Gasteiger partial charge in [-0.3, -0.25) is 4.79 Å². The summed E-state index contributed by atoms with van der Waals surface area (Å²) in [5.41, 5.74) is 0.00215. The Labute approximate surface area is 209 Å². The quantitative estimate of drug-likeness (QED) is 0.543. The lowest BCUT2D eigenvalue weighted by molar-refractivity contribution is -0.137. The Morgan fingerprint density at radius 3 is 2.44 bits per heavy atom. The number of fused-ring (bicyclic) bond motifs is 1. The van der Waals surface area contributed by atoms with Crippen LogP contribution >= 0.6 is 11.8 Å². The maximum atomic E-state index is 14.1. The molecule has 3 heterocycles. The van der Waals surface area contributed by atoms with E-state index in [2.05, 4.69) is 5.10 Å². The maximum absolute atomic E-state index is 14.1. The number of hydrogen-bond acceptors (Lipinski definition) is 7. The van der Waals surface area contributed by atoms with Gasteiger partial charge in [-0.1, -0.05) is 0 Å². The average Bonchev–Trinajstić information content (AvgIpc) is 3.53. The number of halogens is 3. The number of hydrogen-bond donors (Lipinski definition) is 1. The SMILES string of the molecule is COc1cc(OC)cc(-c2nn(-c3cc(N4CC[C@H](O)C4)ccc3C(F)(F)F)c(=O)c3c2SCC3)c1. The third-order valence-electron chi connectivity index (χ3n) is 6.41. The van der Waals surface area contributed by atoms with E-state index < -0.39 is 23.4 Å². The Morgan fingerprint density at radius 1 is 1.11 bits per heavy atom. The molecular weight excluding hydrogens is 495 g/mol. The molecule has 190 valence electrons. The van der Waals surface area contributed by atoms with Gasteiger partial charge in [0.15, 0.2) is 0 Å². The van der Waals surface area contributed by atoms with Gasteiger partial charge in [0.1, 0.15) is 17.2 Å². The zero-order chi connectivity index (χ0) is 25.6. The Morgan fingerprint density at radius 2 is 1.83 bits per heavy atom. The summed E-state index contributed by atoms with van der Waals surface area (Å²) in [6.45, 7) is 0.812. The largest absolute Gasteiger partial charge is 0.497 e. The van der Waals surface area contributed by atoms with Gasteiger partial charge in [-0.05, 0) is 43.2 Å². The van der Waals surface area contributed by atoms with E-state index in [1.54, 1.807) is 23.1 Å². The van der Waals surface area contributed by atoms with E-state index in [0.29, 0.717) is 70.6 Å². The molecule has 1 atom stereocenters. The molecule has 0 unspecified atom stereocenters. The lowest BCUT2D eigenvalue weighted by Crippen LogP contribution is -2.28. The molecule has 36 heavy (non-hydrogen) atoms. The smallest absolute Gasteiger partial charge is 0.418 e. The van der Waals surface area contributed by atoms with Crippen LogP contribution in [0.5, 0.6) is 11.5 Å². The molecule has 2 aliphatic rings. The fraction of sp³-hybridized carbons (Fsp3) is 0.360.